The van der Waals surface area contributed by atoms with Crippen LogP contribution in [0.2, 0.25) is 5.02 Å². The molecule has 1 aromatic carbocycles. The minimum absolute atomic E-state index is 0.170. The quantitative estimate of drug-likeness (QED) is 0.758. The van der Waals surface area contributed by atoms with E-state index in [1.807, 2.05) is 0 Å². The van der Waals surface area contributed by atoms with Gasteiger partial charge in [0.25, 0.3) is 5.91 Å². The van der Waals surface area contributed by atoms with Crippen molar-refractivity contribution in [3.05, 3.63) is 33.3 Å². The highest BCUT2D eigenvalue weighted by molar-refractivity contribution is 9.10. The maximum Gasteiger partial charge on any atom is 0.306 e. The summed E-state index contributed by atoms with van der Waals surface area (Å²) < 4.78 is 0.562. The Morgan fingerprint density at radius 1 is 1.47 bits per heavy atom. The van der Waals surface area contributed by atoms with Crippen LogP contribution in [0, 0.1) is 0 Å². The second kappa shape index (κ2) is 6.36. The largest absolute Gasteiger partial charge is 0.481 e. The Morgan fingerprint density at radius 2 is 2.11 bits per heavy atom. The van der Waals surface area contributed by atoms with E-state index in [4.69, 9.17) is 16.7 Å². The third-order valence-corrected chi connectivity index (χ3v) is 3.26. The maximum atomic E-state index is 11.9. The van der Waals surface area contributed by atoms with Gasteiger partial charge >= 0.3 is 5.97 Å². The van der Waals surface area contributed by atoms with Gasteiger partial charge in [0, 0.05) is 16.0 Å². The van der Waals surface area contributed by atoms with Gasteiger partial charge in [-0.2, -0.15) is 0 Å². The van der Waals surface area contributed by atoms with Crippen LogP contribution in [0.15, 0.2) is 22.7 Å². The molecular weight excluding hydrogens is 337 g/mol. The van der Waals surface area contributed by atoms with E-state index in [1.54, 1.807) is 12.1 Å². The van der Waals surface area contributed by atoms with Gasteiger partial charge in [0.15, 0.2) is 0 Å². The first-order valence-corrected chi connectivity index (χ1v) is 6.56. The first-order valence-electron chi connectivity index (χ1n) is 5.39. The number of nitrogens with one attached hydrogen (secondary N) is 1. The molecule has 0 aromatic heterocycles. The van der Waals surface area contributed by atoms with Gasteiger partial charge in [-0.05, 0) is 41.1 Å². The molecule has 7 heteroatoms. The average Bonchev–Trinajstić information content (AvgIpc) is 2.27. The van der Waals surface area contributed by atoms with Crippen LogP contribution in [0.5, 0.6) is 0 Å². The van der Waals surface area contributed by atoms with Crippen molar-refractivity contribution in [2.24, 2.45) is 0 Å². The van der Waals surface area contributed by atoms with Crippen LogP contribution in [-0.2, 0) is 4.79 Å². The fraction of sp³-hybridized carbons (Fsp3) is 0.333. The Labute approximate surface area is 123 Å². The van der Waals surface area contributed by atoms with Crippen molar-refractivity contribution >= 4 is 39.4 Å². The average molecular weight is 351 g/mol. The van der Waals surface area contributed by atoms with Crippen molar-refractivity contribution in [2.75, 3.05) is 6.54 Å². The van der Waals surface area contributed by atoms with E-state index in [2.05, 4.69) is 21.2 Å². The van der Waals surface area contributed by atoms with Crippen LogP contribution in [0.3, 0.4) is 0 Å². The second-order valence-corrected chi connectivity index (χ2v) is 5.67. The number of rotatable bonds is 5. The van der Waals surface area contributed by atoms with Crippen LogP contribution in [-0.4, -0.2) is 34.2 Å². The number of carbonyl (C=O) groups is 2. The fourth-order valence-electron chi connectivity index (χ4n) is 1.43. The van der Waals surface area contributed by atoms with E-state index in [0.29, 0.717) is 15.1 Å². The van der Waals surface area contributed by atoms with Gasteiger partial charge in [0.2, 0.25) is 0 Å². The van der Waals surface area contributed by atoms with Gasteiger partial charge in [-0.3, -0.25) is 9.59 Å². The number of halogens is 2. The van der Waals surface area contributed by atoms with Crippen molar-refractivity contribution in [1.82, 2.24) is 5.32 Å². The number of hydrogen-bond donors (Lipinski definition) is 3. The zero-order chi connectivity index (χ0) is 14.6. The highest BCUT2D eigenvalue weighted by Gasteiger charge is 2.25. The van der Waals surface area contributed by atoms with Gasteiger partial charge in [-0.15, -0.1) is 0 Å². The van der Waals surface area contributed by atoms with E-state index < -0.39 is 23.9 Å². The smallest absolute Gasteiger partial charge is 0.306 e. The lowest BCUT2D eigenvalue weighted by Crippen LogP contribution is -2.42. The summed E-state index contributed by atoms with van der Waals surface area (Å²) in [6, 6.07) is 4.74. The zero-order valence-electron chi connectivity index (χ0n) is 10.1. The minimum Gasteiger partial charge on any atom is -0.481 e. The molecule has 0 saturated carbocycles. The summed E-state index contributed by atoms with van der Waals surface area (Å²) >= 11 is 9.01. The molecular formula is C12H13BrClNO4. The number of carboxylic acid groups (broad SMARTS) is 1. The van der Waals surface area contributed by atoms with Crippen LogP contribution in [0.4, 0.5) is 0 Å². The van der Waals surface area contributed by atoms with E-state index in [-0.39, 0.29) is 6.54 Å². The zero-order valence-corrected chi connectivity index (χ0v) is 12.5. The lowest BCUT2D eigenvalue weighted by atomic mass is 10.0. The Kier molecular flexibility index (Phi) is 5.34. The molecule has 0 fully saturated rings. The SMILES string of the molecule is CC(O)(CNC(=O)c1cc(Cl)ccc1Br)CC(=O)O. The summed E-state index contributed by atoms with van der Waals surface area (Å²) in [4.78, 5) is 22.4. The first kappa shape index (κ1) is 15.9. The lowest BCUT2D eigenvalue weighted by Gasteiger charge is -2.21. The molecule has 0 aliphatic carbocycles. The number of carbonyl (C=O) groups excluding carboxylic acids is 1. The van der Waals surface area contributed by atoms with Gasteiger partial charge in [-0.25, -0.2) is 0 Å². The summed E-state index contributed by atoms with van der Waals surface area (Å²) in [6.07, 6.45) is -0.454. The highest BCUT2D eigenvalue weighted by atomic mass is 79.9. The molecule has 19 heavy (non-hydrogen) atoms. The van der Waals surface area contributed by atoms with Crippen LogP contribution >= 0.6 is 27.5 Å². The van der Waals surface area contributed by atoms with Crippen LogP contribution in [0.25, 0.3) is 0 Å². The number of aliphatic hydroxyl groups is 1. The number of hydrogen-bond acceptors (Lipinski definition) is 3. The van der Waals surface area contributed by atoms with Crippen molar-refractivity contribution in [3.63, 3.8) is 0 Å². The van der Waals surface area contributed by atoms with E-state index in [9.17, 15) is 14.7 Å². The van der Waals surface area contributed by atoms with Gasteiger partial charge in [0.1, 0.15) is 0 Å². The summed E-state index contributed by atoms with van der Waals surface area (Å²) in [7, 11) is 0. The number of aliphatic carboxylic acids is 1. The molecule has 5 nitrogen and oxygen atoms in total. The predicted molar refractivity (Wildman–Crippen MR) is 74.4 cm³/mol. The highest BCUT2D eigenvalue weighted by Crippen LogP contribution is 2.21. The normalized spacial score (nSPS) is 13.7. The van der Waals surface area contributed by atoms with Crippen molar-refractivity contribution in [1.29, 1.82) is 0 Å². The molecule has 0 saturated heterocycles. The molecule has 0 heterocycles. The number of benzene rings is 1. The Hall–Kier alpha value is -1.11. The van der Waals surface area contributed by atoms with Gasteiger partial charge in [-0.1, -0.05) is 11.6 Å². The topological polar surface area (TPSA) is 86.6 Å². The van der Waals surface area contributed by atoms with Crippen LogP contribution in [0.1, 0.15) is 23.7 Å². The molecule has 0 radical (unpaired) electrons. The first-order chi connectivity index (χ1) is 8.71. The van der Waals surface area contributed by atoms with Gasteiger partial charge in [0.05, 0.1) is 17.6 Å². The second-order valence-electron chi connectivity index (χ2n) is 4.37. The van der Waals surface area contributed by atoms with Gasteiger partial charge < -0.3 is 15.5 Å². The number of carboxylic acids is 1. The molecule has 0 aliphatic rings. The molecule has 1 rings (SSSR count). The molecule has 0 aliphatic heterocycles. The molecule has 1 atom stereocenters. The number of amides is 1. The Bertz CT molecular complexity index is 505. The summed E-state index contributed by atoms with van der Waals surface area (Å²) in [5.41, 5.74) is -1.19. The minimum atomic E-state index is -1.51. The van der Waals surface area contributed by atoms with E-state index >= 15 is 0 Å². The molecule has 0 spiro atoms. The van der Waals surface area contributed by atoms with Crippen molar-refractivity contribution in [2.45, 2.75) is 18.9 Å². The summed E-state index contributed by atoms with van der Waals surface area (Å²) in [5.74, 6) is -1.58. The molecule has 1 amide bonds. The lowest BCUT2D eigenvalue weighted by molar-refractivity contribution is -0.141. The Morgan fingerprint density at radius 3 is 2.68 bits per heavy atom. The predicted octanol–water partition coefficient (Wildman–Crippen LogP) is 2.06. The molecule has 3 N–H and O–H groups in total. The monoisotopic (exact) mass is 349 g/mol. The third-order valence-electron chi connectivity index (χ3n) is 2.33. The Balaban J connectivity index is 2.70. The van der Waals surface area contributed by atoms with E-state index in [1.165, 1.54) is 13.0 Å². The third kappa shape index (κ3) is 5.18. The maximum absolute atomic E-state index is 11.9. The molecule has 104 valence electrons. The molecule has 1 aromatic rings. The van der Waals surface area contributed by atoms with Crippen molar-refractivity contribution < 1.29 is 19.8 Å². The molecule has 0 bridgehead atoms. The fourth-order valence-corrected chi connectivity index (χ4v) is 2.02. The standard InChI is InChI=1S/C12H13BrClNO4/c1-12(19,5-10(16)17)6-15-11(18)8-4-7(14)2-3-9(8)13/h2-4,19H,5-6H2,1H3,(H,15,18)(H,16,17). The summed E-state index contributed by atoms with van der Waals surface area (Å²) in [5, 5.41) is 21.3. The van der Waals surface area contributed by atoms with Crippen LogP contribution < -0.4 is 5.32 Å². The summed E-state index contributed by atoms with van der Waals surface area (Å²) in [6.45, 7) is 1.17. The molecule has 1 unspecified atom stereocenters. The van der Waals surface area contributed by atoms with E-state index in [0.717, 1.165) is 0 Å². The van der Waals surface area contributed by atoms with Crippen molar-refractivity contribution in [3.8, 4) is 0 Å².